The molecule has 4 N–H and O–H groups in total. The fraction of sp³-hybridized carbons (Fsp3) is 0. The molecular weight excluding hydrogens is 271 g/mol. The van der Waals surface area contributed by atoms with Crippen molar-refractivity contribution in [3.63, 3.8) is 0 Å². The van der Waals surface area contributed by atoms with Crippen molar-refractivity contribution in [1.29, 1.82) is 0 Å². The van der Waals surface area contributed by atoms with E-state index in [0.29, 0.717) is 11.0 Å². The molecule has 0 saturated heterocycles. The Balaban J connectivity index is 0.000000317. The van der Waals surface area contributed by atoms with Gasteiger partial charge in [0, 0.05) is 0 Å². The average Bonchev–Trinajstić information content (AvgIpc) is 2.59. The van der Waals surface area contributed by atoms with E-state index in [0.717, 1.165) is 0 Å². The molecule has 0 unspecified atom stereocenters. The molecule has 0 bridgehead atoms. The Hall–Kier alpha value is -1.25. The summed E-state index contributed by atoms with van der Waals surface area (Å²) in [5.41, 5.74) is 1.09. The summed E-state index contributed by atoms with van der Waals surface area (Å²) in [7, 11) is -7.36. The van der Waals surface area contributed by atoms with E-state index in [9.17, 15) is 8.42 Å². The van der Waals surface area contributed by atoms with Gasteiger partial charge >= 0.3 is 18.4 Å². The van der Waals surface area contributed by atoms with Crippen LogP contribution >= 0.6 is 8.25 Å². The van der Waals surface area contributed by atoms with Gasteiger partial charge in [0.05, 0.1) is 11.0 Å². The van der Waals surface area contributed by atoms with Crippen molar-refractivity contribution in [2.45, 2.75) is 5.16 Å². The van der Waals surface area contributed by atoms with E-state index in [1.165, 1.54) is 0 Å². The van der Waals surface area contributed by atoms with Gasteiger partial charge in [0.1, 0.15) is 0 Å². The minimum Gasteiger partial charge on any atom is -0.327 e. The lowest BCUT2D eigenvalue weighted by atomic mass is 10.3. The maximum absolute atomic E-state index is 10.7. The molecule has 10 heteroatoms. The largest absolute Gasteiger partial charge is 0.328 e. The van der Waals surface area contributed by atoms with Crippen LogP contribution in [0, 0.1) is 0 Å². The highest BCUT2D eigenvalue weighted by atomic mass is 32.2. The first-order valence-corrected chi connectivity index (χ1v) is 6.89. The van der Waals surface area contributed by atoms with E-state index in [-0.39, 0.29) is 0 Å². The van der Waals surface area contributed by atoms with Gasteiger partial charge in [-0.2, -0.15) is 8.42 Å². The molecule has 1 aromatic heterocycles. The van der Waals surface area contributed by atoms with Gasteiger partial charge in [-0.05, 0) is 12.1 Å². The number of aromatic amines is 1. The van der Waals surface area contributed by atoms with Gasteiger partial charge in [-0.1, -0.05) is 12.1 Å². The second-order valence-corrected chi connectivity index (χ2v) is 4.72. The van der Waals surface area contributed by atoms with Crippen LogP contribution in [0.15, 0.2) is 29.4 Å². The van der Waals surface area contributed by atoms with Gasteiger partial charge in [0.15, 0.2) is 0 Å². The summed E-state index contributed by atoms with van der Waals surface area (Å²) in [6.07, 6.45) is 0. The summed E-state index contributed by atoms with van der Waals surface area (Å²) in [4.78, 5) is 20.5. The lowest BCUT2D eigenvalue weighted by molar-refractivity contribution is 0.405. The minimum atomic E-state index is -4.23. The lowest BCUT2D eigenvalue weighted by Crippen LogP contribution is -1.99. The van der Waals surface area contributed by atoms with E-state index in [2.05, 4.69) is 9.97 Å². The van der Waals surface area contributed by atoms with Crippen LogP contribution in [0.25, 0.3) is 11.0 Å². The van der Waals surface area contributed by atoms with Crippen LogP contribution in [-0.2, 0) is 14.7 Å². The first-order valence-electron chi connectivity index (χ1n) is 4.15. The van der Waals surface area contributed by atoms with Crippen molar-refractivity contribution in [1.82, 2.24) is 9.97 Å². The van der Waals surface area contributed by atoms with Crippen LogP contribution in [-0.4, -0.2) is 32.7 Å². The fourth-order valence-electron chi connectivity index (χ4n) is 1.05. The summed E-state index contributed by atoms with van der Waals surface area (Å²) in [5.74, 6) is 0. The molecule has 0 atom stereocenters. The van der Waals surface area contributed by atoms with Crippen molar-refractivity contribution in [3.05, 3.63) is 24.3 Å². The van der Waals surface area contributed by atoms with Crippen LogP contribution in [0.5, 0.6) is 0 Å². The number of hydrogen-bond donors (Lipinski definition) is 4. The van der Waals surface area contributed by atoms with Gasteiger partial charge in [-0.3, -0.25) is 9.12 Å². The summed E-state index contributed by atoms with van der Waals surface area (Å²) in [5, 5.41) is -0.422. The predicted octanol–water partition coefficient (Wildman–Crippen LogP) is 0.170. The number of para-hydroxylation sites is 2. The molecule has 0 aliphatic carbocycles. The molecule has 1 aromatic carbocycles. The lowest BCUT2D eigenvalue weighted by Gasteiger charge is -1.85. The molecule has 2 rings (SSSR count). The maximum Gasteiger partial charge on any atom is 0.328 e. The van der Waals surface area contributed by atoms with Gasteiger partial charge in [0.2, 0.25) is 0 Å². The number of hydrogen-bond acceptors (Lipinski definition) is 4. The second-order valence-electron chi connectivity index (χ2n) is 2.82. The molecule has 0 aliphatic heterocycles. The van der Waals surface area contributed by atoms with Crippen molar-refractivity contribution in [2.75, 3.05) is 0 Å². The number of aromatic nitrogens is 2. The molecule has 0 amide bonds. The third-order valence-corrected chi connectivity index (χ3v) is 2.29. The predicted molar refractivity (Wildman–Crippen MR) is 59.3 cm³/mol. The molecule has 17 heavy (non-hydrogen) atoms. The van der Waals surface area contributed by atoms with E-state index < -0.39 is 23.5 Å². The first kappa shape index (κ1) is 13.8. The Morgan fingerprint density at radius 1 is 1.24 bits per heavy atom. The smallest absolute Gasteiger partial charge is 0.327 e. The summed E-state index contributed by atoms with van der Waals surface area (Å²) >= 11 is 0. The number of H-pyrrole nitrogens is 1. The monoisotopic (exact) mass is 280 g/mol. The first-order chi connectivity index (χ1) is 7.80. The Bertz CT molecular complexity index is 600. The SMILES string of the molecule is O=S(=O)(O)c1nc2ccccc2[nH]1.O=[PH](O)O. The van der Waals surface area contributed by atoms with Crippen molar-refractivity contribution in [2.24, 2.45) is 0 Å². The third-order valence-electron chi connectivity index (χ3n) is 1.61. The molecule has 94 valence electrons. The summed E-state index contributed by atoms with van der Waals surface area (Å²) < 4.78 is 38.7. The Labute approximate surface area is 96.6 Å². The highest BCUT2D eigenvalue weighted by Gasteiger charge is 2.14. The fourth-order valence-corrected chi connectivity index (χ4v) is 1.50. The normalized spacial score (nSPS) is 11.3. The van der Waals surface area contributed by atoms with E-state index in [4.69, 9.17) is 18.9 Å². The summed E-state index contributed by atoms with van der Waals surface area (Å²) in [6.45, 7) is 0. The van der Waals surface area contributed by atoms with Crippen molar-refractivity contribution in [3.8, 4) is 0 Å². The van der Waals surface area contributed by atoms with E-state index >= 15 is 0 Å². The van der Waals surface area contributed by atoms with Gasteiger partial charge in [-0.15, -0.1) is 0 Å². The van der Waals surface area contributed by atoms with Crippen LogP contribution in [0.4, 0.5) is 0 Å². The highest BCUT2D eigenvalue weighted by molar-refractivity contribution is 7.85. The second kappa shape index (κ2) is 5.39. The molecule has 0 radical (unpaired) electrons. The number of benzene rings is 1. The highest BCUT2D eigenvalue weighted by Crippen LogP contribution is 2.12. The maximum atomic E-state index is 10.7. The number of nitrogens with one attached hydrogen (secondary N) is 1. The third kappa shape index (κ3) is 4.25. The molecule has 0 fully saturated rings. The van der Waals surface area contributed by atoms with Crippen molar-refractivity contribution >= 4 is 29.4 Å². The number of nitrogens with zero attached hydrogens (tertiary/aromatic N) is 1. The van der Waals surface area contributed by atoms with E-state index in [1.807, 2.05) is 0 Å². The number of rotatable bonds is 1. The summed E-state index contributed by atoms with van der Waals surface area (Å²) in [6, 6.07) is 6.81. The molecule has 0 aliphatic rings. The number of imidazole rings is 1. The van der Waals surface area contributed by atoms with E-state index in [1.54, 1.807) is 24.3 Å². The standard InChI is InChI=1S/C7H6N2O3S.H3O3P/c10-13(11,12)7-8-5-3-1-2-4-6(5)9-7;1-4(2)3/h1-4H,(H,8,9)(H,10,11,12);4H,(H2,1,2,3). The average molecular weight is 280 g/mol. The molecule has 1 heterocycles. The Morgan fingerprint density at radius 2 is 1.76 bits per heavy atom. The zero-order valence-corrected chi connectivity index (χ0v) is 10.0. The van der Waals surface area contributed by atoms with Crippen LogP contribution in [0.3, 0.4) is 0 Å². The van der Waals surface area contributed by atoms with Crippen LogP contribution in [0.2, 0.25) is 0 Å². The van der Waals surface area contributed by atoms with Gasteiger partial charge in [0.25, 0.3) is 5.16 Å². The minimum absolute atomic E-state index is 0.422. The molecular formula is C7H9N2O6PS. The number of fused-ring (bicyclic) bond motifs is 1. The molecule has 0 saturated carbocycles. The molecule has 8 nitrogen and oxygen atoms in total. The topological polar surface area (TPSA) is 141 Å². The zero-order valence-electron chi connectivity index (χ0n) is 8.23. The quantitative estimate of drug-likeness (QED) is 0.431. The van der Waals surface area contributed by atoms with Crippen LogP contribution < -0.4 is 0 Å². The van der Waals surface area contributed by atoms with Gasteiger partial charge in [-0.25, -0.2) is 4.98 Å². The molecule has 2 aromatic rings. The van der Waals surface area contributed by atoms with Crippen LogP contribution in [0.1, 0.15) is 0 Å². The van der Waals surface area contributed by atoms with Crippen molar-refractivity contribution < 1.29 is 27.3 Å². The van der Waals surface area contributed by atoms with Gasteiger partial charge < -0.3 is 14.8 Å². The molecule has 0 spiro atoms. The zero-order chi connectivity index (χ0) is 13.1. The Kier molecular flexibility index (Phi) is 4.38. The Morgan fingerprint density at radius 3 is 2.24 bits per heavy atom.